The number of hydrogen-bond acceptors (Lipinski definition) is 4. The van der Waals surface area contributed by atoms with Crippen molar-refractivity contribution in [3.8, 4) is 0 Å². The minimum atomic E-state index is -4.39. The fourth-order valence-corrected chi connectivity index (χ4v) is 4.29. The van der Waals surface area contributed by atoms with Gasteiger partial charge in [-0.25, -0.2) is 4.98 Å². The predicted octanol–water partition coefficient (Wildman–Crippen LogP) is 6.13. The number of ether oxygens (including phenoxy) is 1. The molecule has 0 radical (unpaired) electrons. The van der Waals surface area contributed by atoms with E-state index in [-0.39, 0.29) is 5.60 Å². The van der Waals surface area contributed by atoms with Gasteiger partial charge in [0.15, 0.2) is 5.69 Å². The first-order valence-corrected chi connectivity index (χ1v) is 10.8. The summed E-state index contributed by atoms with van der Waals surface area (Å²) >= 11 is 0. The zero-order valence-electron chi connectivity index (χ0n) is 17.5. The third kappa shape index (κ3) is 6.24. The Morgan fingerprint density at radius 1 is 1.17 bits per heavy atom. The Bertz CT molecular complexity index is 777. The van der Waals surface area contributed by atoms with Gasteiger partial charge in [-0.15, -0.1) is 0 Å². The van der Waals surface area contributed by atoms with Crippen molar-refractivity contribution < 1.29 is 17.9 Å². The fraction of sp³-hybridized carbons (Fsp3) is 0.609. The highest BCUT2D eigenvalue weighted by molar-refractivity contribution is 5.12. The lowest BCUT2D eigenvalue weighted by molar-refractivity contribution is -0.141. The second kappa shape index (κ2) is 10.3. The van der Waals surface area contributed by atoms with Crippen LogP contribution in [0.3, 0.4) is 0 Å². The molecule has 4 nitrogen and oxygen atoms in total. The molecule has 0 amide bonds. The van der Waals surface area contributed by atoms with E-state index in [0.29, 0.717) is 18.0 Å². The molecule has 1 spiro atoms. The molecular formula is C23H30F3N3O. The summed E-state index contributed by atoms with van der Waals surface area (Å²) in [6, 6.07) is 6.26. The molecule has 1 saturated carbocycles. The van der Waals surface area contributed by atoms with Gasteiger partial charge in [0.1, 0.15) is 0 Å². The van der Waals surface area contributed by atoms with Crippen molar-refractivity contribution in [2.75, 3.05) is 6.61 Å². The molecule has 0 bridgehead atoms. The van der Waals surface area contributed by atoms with Gasteiger partial charge in [-0.3, -0.25) is 9.97 Å². The molecule has 2 fully saturated rings. The van der Waals surface area contributed by atoms with Gasteiger partial charge in [-0.05, 0) is 50.7 Å². The fourth-order valence-electron chi connectivity index (χ4n) is 4.29. The quantitative estimate of drug-likeness (QED) is 0.596. The monoisotopic (exact) mass is 421 g/mol. The molecule has 1 aliphatic carbocycles. The van der Waals surface area contributed by atoms with E-state index >= 15 is 0 Å². The Balaban J connectivity index is 0.000000173. The molecule has 1 atom stereocenters. The van der Waals surface area contributed by atoms with Crippen molar-refractivity contribution in [2.24, 2.45) is 0 Å². The van der Waals surface area contributed by atoms with Gasteiger partial charge < -0.3 is 4.74 Å². The maximum atomic E-state index is 12.2. The third-order valence-electron chi connectivity index (χ3n) is 5.88. The first-order chi connectivity index (χ1) is 14.4. The molecule has 2 aliphatic rings. The number of unbranched alkanes of at least 4 members (excludes halogenated alkanes) is 1. The number of hydrogen-bond donors (Lipinski definition) is 0. The SMILES string of the molecule is CCCCc1cncc(C(F)(F)F)n1.c1ccc([C@@H]2CCOC3(CCCC3)C2)nc1. The molecule has 0 unspecified atom stereocenters. The number of aryl methyl sites for hydroxylation is 1. The van der Waals surface area contributed by atoms with E-state index in [4.69, 9.17) is 4.74 Å². The number of alkyl halides is 3. The van der Waals surface area contributed by atoms with Crippen molar-refractivity contribution in [2.45, 2.75) is 82.4 Å². The summed E-state index contributed by atoms with van der Waals surface area (Å²) in [6.45, 7) is 2.89. The lowest BCUT2D eigenvalue weighted by atomic mass is 9.83. The van der Waals surface area contributed by atoms with Gasteiger partial charge in [0.2, 0.25) is 0 Å². The number of halogens is 3. The number of pyridine rings is 1. The van der Waals surface area contributed by atoms with Crippen LogP contribution in [0.4, 0.5) is 13.2 Å². The van der Waals surface area contributed by atoms with Crippen molar-refractivity contribution in [1.29, 1.82) is 0 Å². The third-order valence-corrected chi connectivity index (χ3v) is 5.88. The van der Waals surface area contributed by atoms with E-state index in [9.17, 15) is 13.2 Å². The molecule has 1 saturated heterocycles. The summed E-state index contributed by atoms with van der Waals surface area (Å²) in [6.07, 6.45) is 9.47. The first kappa shape index (κ1) is 22.7. The summed E-state index contributed by atoms with van der Waals surface area (Å²) < 4.78 is 42.6. The van der Waals surface area contributed by atoms with Crippen LogP contribution in [-0.2, 0) is 17.3 Å². The van der Waals surface area contributed by atoms with Crippen LogP contribution < -0.4 is 0 Å². The van der Waals surface area contributed by atoms with E-state index in [1.807, 2.05) is 19.2 Å². The Morgan fingerprint density at radius 2 is 1.97 bits per heavy atom. The summed E-state index contributed by atoms with van der Waals surface area (Å²) in [5, 5.41) is 0. The van der Waals surface area contributed by atoms with Gasteiger partial charge >= 0.3 is 6.18 Å². The molecule has 2 aromatic heterocycles. The minimum absolute atomic E-state index is 0.209. The topological polar surface area (TPSA) is 47.9 Å². The normalized spacial score (nSPS) is 20.6. The van der Waals surface area contributed by atoms with Crippen molar-refractivity contribution in [3.05, 3.63) is 53.9 Å². The van der Waals surface area contributed by atoms with Gasteiger partial charge in [0, 0.05) is 30.6 Å². The van der Waals surface area contributed by atoms with Crippen LogP contribution in [0.25, 0.3) is 0 Å². The highest BCUT2D eigenvalue weighted by Gasteiger charge is 2.40. The molecule has 4 rings (SSSR count). The molecular weight excluding hydrogens is 391 g/mol. The second-order valence-corrected chi connectivity index (χ2v) is 8.18. The summed E-state index contributed by atoms with van der Waals surface area (Å²) in [7, 11) is 0. The molecule has 30 heavy (non-hydrogen) atoms. The van der Waals surface area contributed by atoms with Crippen LogP contribution in [-0.4, -0.2) is 27.2 Å². The van der Waals surface area contributed by atoms with Gasteiger partial charge in [0.05, 0.1) is 17.5 Å². The van der Waals surface area contributed by atoms with Crippen LogP contribution in [0.5, 0.6) is 0 Å². The largest absolute Gasteiger partial charge is 0.434 e. The number of aromatic nitrogens is 3. The Hall–Kier alpha value is -2.02. The lowest BCUT2D eigenvalue weighted by Crippen LogP contribution is -2.36. The Kier molecular flexibility index (Phi) is 7.81. The van der Waals surface area contributed by atoms with Gasteiger partial charge in [-0.2, -0.15) is 13.2 Å². The molecule has 7 heteroatoms. The first-order valence-electron chi connectivity index (χ1n) is 10.8. The smallest absolute Gasteiger partial charge is 0.375 e. The van der Waals surface area contributed by atoms with Crippen LogP contribution in [0, 0.1) is 0 Å². The molecule has 3 heterocycles. The van der Waals surface area contributed by atoms with Crippen molar-refractivity contribution in [3.63, 3.8) is 0 Å². The number of rotatable bonds is 4. The highest BCUT2D eigenvalue weighted by Crippen LogP contribution is 2.44. The van der Waals surface area contributed by atoms with Gasteiger partial charge in [0.25, 0.3) is 0 Å². The summed E-state index contributed by atoms with van der Waals surface area (Å²) in [5.41, 5.74) is 0.963. The Morgan fingerprint density at radius 3 is 2.63 bits per heavy atom. The summed E-state index contributed by atoms with van der Waals surface area (Å²) in [4.78, 5) is 11.5. The van der Waals surface area contributed by atoms with Crippen LogP contribution in [0.15, 0.2) is 36.8 Å². The maximum absolute atomic E-state index is 12.2. The van der Waals surface area contributed by atoms with Crippen molar-refractivity contribution in [1.82, 2.24) is 15.0 Å². The molecule has 0 aromatic carbocycles. The lowest BCUT2D eigenvalue weighted by Gasteiger charge is -2.38. The van der Waals surface area contributed by atoms with Gasteiger partial charge in [-0.1, -0.05) is 32.3 Å². The highest BCUT2D eigenvalue weighted by atomic mass is 19.4. The average Bonchev–Trinajstić information content (AvgIpc) is 3.20. The standard InChI is InChI=1S/C14H19NO.C9H11F3N2/c1-4-9-15-13(5-1)12-6-10-16-14(11-12)7-2-3-8-14;1-2-3-4-7-5-13-6-8(14-7)9(10,11)12/h1,4-5,9,12H,2-3,6-8,10-11H2;5-6H,2-4H2,1H3/t12-;/m1./s1. The molecule has 0 N–H and O–H groups in total. The average molecular weight is 422 g/mol. The molecule has 1 aliphatic heterocycles. The number of nitrogens with zero attached hydrogens (tertiary/aromatic N) is 3. The zero-order chi connectivity index (χ0) is 21.5. The second-order valence-electron chi connectivity index (χ2n) is 8.18. The Labute approximate surface area is 176 Å². The summed E-state index contributed by atoms with van der Waals surface area (Å²) in [5.74, 6) is 0.619. The van der Waals surface area contributed by atoms with Crippen molar-refractivity contribution >= 4 is 0 Å². The van der Waals surface area contributed by atoms with E-state index in [1.165, 1.54) is 44.0 Å². The molecule has 164 valence electrons. The van der Waals surface area contributed by atoms with E-state index in [0.717, 1.165) is 32.1 Å². The zero-order valence-corrected chi connectivity index (χ0v) is 17.5. The minimum Gasteiger partial charge on any atom is -0.375 e. The van der Waals surface area contributed by atoms with Crippen LogP contribution in [0.1, 0.15) is 81.3 Å². The van der Waals surface area contributed by atoms with E-state index in [1.54, 1.807) is 0 Å². The van der Waals surface area contributed by atoms with E-state index < -0.39 is 11.9 Å². The van der Waals surface area contributed by atoms with Crippen LogP contribution >= 0.6 is 0 Å². The maximum Gasteiger partial charge on any atom is 0.434 e. The van der Waals surface area contributed by atoms with E-state index in [2.05, 4.69) is 27.1 Å². The predicted molar refractivity (Wildman–Crippen MR) is 109 cm³/mol. The molecule has 2 aromatic rings. The van der Waals surface area contributed by atoms with Crippen LogP contribution in [0.2, 0.25) is 0 Å².